The second-order valence-electron chi connectivity index (χ2n) is 3.57. The zero-order chi connectivity index (χ0) is 12.4. The third-order valence-corrected chi connectivity index (χ3v) is 2.28. The summed E-state index contributed by atoms with van der Waals surface area (Å²) in [5, 5.41) is 0. The Morgan fingerprint density at radius 2 is 2.19 bits per heavy atom. The molecule has 1 atom stereocenters. The van der Waals surface area contributed by atoms with Crippen LogP contribution in [0.15, 0.2) is 34.0 Å². The molecule has 16 heavy (non-hydrogen) atoms. The molecule has 2 nitrogen and oxygen atoms in total. The molecule has 3 heteroatoms. The molecule has 0 radical (unpaired) electrons. The summed E-state index contributed by atoms with van der Waals surface area (Å²) in [6, 6.07) is 0. The van der Waals surface area contributed by atoms with Gasteiger partial charge < -0.3 is 4.74 Å². The van der Waals surface area contributed by atoms with Crippen molar-refractivity contribution in [3.8, 4) is 0 Å². The minimum atomic E-state index is -0.132. The summed E-state index contributed by atoms with van der Waals surface area (Å²) in [5.41, 5.74) is 1.19. The Hall–Kier alpha value is -0.580. The van der Waals surface area contributed by atoms with Gasteiger partial charge in [-0.15, -0.1) is 0 Å². The molecule has 0 rings (SSSR count). The van der Waals surface area contributed by atoms with Crippen LogP contribution < -0.4 is 0 Å². The molecule has 0 spiro atoms. The van der Waals surface area contributed by atoms with Crippen molar-refractivity contribution in [2.45, 2.75) is 27.2 Å². The van der Waals surface area contributed by atoms with Crippen LogP contribution in [0.2, 0.25) is 0 Å². The number of carbonyl (C=O) groups excluding carboxylic acids is 1. The minimum absolute atomic E-state index is 0.132. The lowest BCUT2D eigenvalue weighted by atomic mass is 10.1. The summed E-state index contributed by atoms with van der Waals surface area (Å²) >= 11 is 2.19. The van der Waals surface area contributed by atoms with Gasteiger partial charge in [-0.2, -0.15) is 0 Å². The SMILES string of the molecule is CCOC(=O)CC(C)C=CC=C(C)C=CI. The fourth-order valence-corrected chi connectivity index (χ4v) is 1.67. The van der Waals surface area contributed by atoms with E-state index in [9.17, 15) is 4.79 Å². The predicted molar refractivity (Wildman–Crippen MR) is 76.5 cm³/mol. The second-order valence-corrected chi connectivity index (χ2v) is 4.29. The lowest BCUT2D eigenvalue weighted by Gasteiger charge is -2.04. The fourth-order valence-electron chi connectivity index (χ4n) is 1.10. The summed E-state index contributed by atoms with van der Waals surface area (Å²) in [6.45, 7) is 6.32. The third-order valence-electron chi connectivity index (χ3n) is 1.92. The van der Waals surface area contributed by atoms with Crippen LogP contribution in [0, 0.1) is 5.92 Å². The van der Waals surface area contributed by atoms with Gasteiger partial charge in [-0.25, -0.2) is 0 Å². The highest BCUT2D eigenvalue weighted by atomic mass is 127. The van der Waals surface area contributed by atoms with E-state index in [1.807, 2.05) is 49.2 Å². The number of hydrogen-bond donors (Lipinski definition) is 0. The Kier molecular flexibility index (Phi) is 9.28. The fraction of sp³-hybridized carbons (Fsp3) is 0.462. The maximum atomic E-state index is 11.2. The smallest absolute Gasteiger partial charge is 0.306 e. The first kappa shape index (κ1) is 15.4. The molecule has 0 saturated heterocycles. The monoisotopic (exact) mass is 334 g/mol. The van der Waals surface area contributed by atoms with E-state index in [-0.39, 0.29) is 11.9 Å². The van der Waals surface area contributed by atoms with Crippen LogP contribution in [-0.2, 0) is 9.53 Å². The van der Waals surface area contributed by atoms with E-state index in [0.717, 1.165) is 0 Å². The molecule has 0 aliphatic heterocycles. The van der Waals surface area contributed by atoms with Gasteiger partial charge in [0.1, 0.15) is 0 Å². The van der Waals surface area contributed by atoms with Gasteiger partial charge >= 0.3 is 5.97 Å². The topological polar surface area (TPSA) is 26.3 Å². The maximum absolute atomic E-state index is 11.2. The molecule has 0 fully saturated rings. The summed E-state index contributed by atoms with van der Waals surface area (Å²) in [7, 11) is 0. The van der Waals surface area contributed by atoms with E-state index in [1.165, 1.54) is 5.57 Å². The van der Waals surface area contributed by atoms with Crippen molar-refractivity contribution >= 4 is 28.6 Å². The average Bonchev–Trinajstić information content (AvgIpc) is 2.18. The lowest BCUT2D eigenvalue weighted by Crippen LogP contribution is -2.07. The number of halogens is 1. The van der Waals surface area contributed by atoms with Crippen molar-refractivity contribution in [3.05, 3.63) is 34.0 Å². The first-order chi connectivity index (χ1) is 7.60. The van der Waals surface area contributed by atoms with Gasteiger partial charge in [0.05, 0.1) is 13.0 Å². The number of ether oxygens (including phenoxy) is 1. The molecule has 0 N–H and O–H groups in total. The van der Waals surface area contributed by atoms with Crippen LogP contribution >= 0.6 is 22.6 Å². The zero-order valence-electron chi connectivity index (χ0n) is 10.1. The summed E-state index contributed by atoms with van der Waals surface area (Å²) in [4.78, 5) is 11.2. The molecule has 0 saturated carbocycles. The quantitative estimate of drug-likeness (QED) is 0.416. The van der Waals surface area contributed by atoms with Gasteiger partial charge in [0.25, 0.3) is 0 Å². The number of allylic oxidation sites excluding steroid dienone is 5. The van der Waals surface area contributed by atoms with E-state index in [1.54, 1.807) is 0 Å². The molecular weight excluding hydrogens is 315 g/mol. The molecular formula is C13H19IO2. The molecule has 0 aromatic carbocycles. The Labute approximate surface area is 112 Å². The third kappa shape index (κ3) is 8.71. The molecule has 0 bridgehead atoms. The summed E-state index contributed by atoms with van der Waals surface area (Å²) < 4.78 is 6.85. The molecule has 0 aliphatic carbocycles. The molecule has 0 aromatic heterocycles. The van der Waals surface area contributed by atoms with Crippen LogP contribution in [-0.4, -0.2) is 12.6 Å². The highest BCUT2D eigenvalue weighted by Crippen LogP contribution is 2.06. The predicted octanol–water partition coefficient (Wildman–Crippen LogP) is 4.03. The van der Waals surface area contributed by atoms with Crippen molar-refractivity contribution in [1.29, 1.82) is 0 Å². The van der Waals surface area contributed by atoms with Gasteiger partial charge in [0, 0.05) is 0 Å². The first-order valence-electron chi connectivity index (χ1n) is 5.37. The maximum Gasteiger partial charge on any atom is 0.306 e. The zero-order valence-corrected chi connectivity index (χ0v) is 12.2. The number of carbonyl (C=O) groups is 1. The largest absolute Gasteiger partial charge is 0.466 e. The van der Waals surface area contributed by atoms with Crippen LogP contribution in [0.5, 0.6) is 0 Å². The summed E-state index contributed by atoms with van der Waals surface area (Å²) in [6.07, 6.45) is 8.49. The molecule has 0 heterocycles. The van der Waals surface area contributed by atoms with Crippen LogP contribution in [0.4, 0.5) is 0 Å². The van der Waals surface area contributed by atoms with Gasteiger partial charge in [-0.3, -0.25) is 4.79 Å². The van der Waals surface area contributed by atoms with Gasteiger partial charge in [0.2, 0.25) is 0 Å². The second kappa shape index (κ2) is 9.63. The van der Waals surface area contributed by atoms with Crippen molar-refractivity contribution in [3.63, 3.8) is 0 Å². The minimum Gasteiger partial charge on any atom is -0.466 e. The summed E-state index contributed by atoms with van der Waals surface area (Å²) in [5.74, 6) is 0.0826. The average molecular weight is 334 g/mol. The van der Waals surface area contributed by atoms with Crippen molar-refractivity contribution in [2.24, 2.45) is 5.92 Å². The normalized spacial score (nSPS) is 14.6. The van der Waals surface area contributed by atoms with Gasteiger partial charge in [-0.1, -0.05) is 59.4 Å². The van der Waals surface area contributed by atoms with Crippen LogP contribution in [0.3, 0.4) is 0 Å². The van der Waals surface area contributed by atoms with E-state index < -0.39 is 0 Å². The standard InChI is InChI=1S/C13H19IO2/c1-4-16-13(15)10-12(3)7-5-6-11(2)8-9-14/h5-9,12H,4,10H2,1-3H3. The Morgan fingerprint density at radius 3 is 2.75 bits per heavy atom. The Bertz CT molecular complexity index is 290. The van der Waals surface area contributed by atoms with E-state index in [2.05, 4.69) is 22.6 Å². The Balaban J connectivity index is 4.04. The molecule has 1 unspecified atom stereocenters. The highest BCUT2D eigenvalue weighted by molar-refractivity contribution is 14.1. The Morgan fingerprint density at radius 1 is 1.50 bits per heavy atom. The lowest BCUT2D eigenvalue weighted by molar-refractivity contribution is -0.143. The van der Waals surface area contributed by atoms with Crippen LogP contribution in [0.1, 0.15) is 27.2 Å². The number of rotatable bonds is 6. The molecule has 0 aromatic rings. The van der Waals surface area contributed by atoms with Crippen molar-refractivity contribution in [1.82, 2.24) is 0 Å². The molecule has 0 aliphatic rings. The van der Waals surface area contributed by atoms with Gasteiger partial charge in [-0.05, 0) is 23.8 Å². The van der Waals surface area contributed by atoms with Gasteiger partial charge in [0.15, 0.2) is 0 Å². The van der Waals surface area contributed by atoms with E-state index in [4.69, 9.17) is 4.74 Å². The van der Waals surface area contributed by atoms with Crippen molar-refractivity contribution < 1.29 is 9.53 Å². The van der Waals surface area contributed by atoms with Crippen molar-refractivity contribution in [2.75, 3.05) is 6.61 Å². The molecule has 0 amide bonds. The number of hydrogen-bond acceptors (Lipinski definition) is 2. The highest BCUT2D eigenvalue weighted by Gasteiger charge is 2.05. The molecule has 90 valence electrons. The van der Waals surface area contributed by atoms with Crippen LogP contribution in [0.25, 0.3) is 0 Å². The first-order valence-corrected chi connectivity index (χ1v) is 6.62. The van der Waals surface area contributed by atoms with E-state index >= 15 is 0 Å². The van der Waals surface area contributed by atoms with E-state index in [0.29, 0.717) is 13.0 Å². The number of esters is 1.